The second-order valence-electron chi connectivity index (χ2n) is 6.24. The summed E-state index contributed by atoms with van der Waals surface area (Å²) in [5.74, 6) is 0.318. The van der Waals surface area contributed by atoms with E-state index in [0.29, 0.717) is 11.1 Å². The molecule has 0 aliphatic heterocycles. The van der Waals surface area contributed by atoms with E-state index in [2.05, 4.69) is 20.5 Å². The Labute approximate surface area is 160 Å². The maximum Gasteiger partial charge on any atom is 0.277 e. The van der Waals surface area contributed by atoms with Crippen molar-refractivity contribution in [2.24, 2.45) is 0 Å². The van der Waals surface area contributed by atoms with Crippen LogP contribution < -0.4 is 5.32 Å². The number of carbonyl (C=O) groups is 1. The Bertz CT molecular complexity index is 1100. The van der Waals surface area contributed by atoms with Crippen molar-refractivity contribution in [3.8, 4) is 11.5 Å². The number of benzene rings is 2. The van der Waals surface area contributed by atoms with Gasteiger partial charge >= 0.3 is 0 Å². The van der Waals surface area contributed by atoms with E-state index in [1.807, 2.05) is 68.6 Å². The van der Waals surface area contributed by atoms with Crippen LogP contribution in [0.1, 0.15) is 12.5 Å². The molecule has 2 aromatic heterocycles. The van der Waals surface area contributed by atoms with E-state index >= 15 is 0 Å². The Morgan fingerprint density at radius 2 is 2.04 bits per heavy atom. The molecule has 7 heteroatoms. The van der Waals surface area contributed by atoms with Crippen LogP contribution in [0.15, 0.2) is 64.4 Å². The van der Waals surface area contributed by atoms with Crippen molar-refractivity contribution in [3.05, 3.63) is 60.3 Å². The van der Waals surface area contributed by atoms with Crippen LogP contribution in [0.2, 0.25) is 0 Å². The monoisotopic (exact) mass is 378 g/mol. The predicted octanol–water partition coefficient (Wildman–Crippen LogP) is 4.65. The van der Waals surface area contributed by atoms with Gasteiger partial charge in [0, 0.05) is 22.8 Å². The number of aromatic nitrogens is 3. The first-order valence-corrected chi connectivity index (χ1v) is 9.42. The minimum Gasteiger partial charge on any atom is -0.411 e. The number of rotatable bonds is 5. The number of nitrogens with one attached hydrogen (secondary N) is 2. The number of thioether (sulfide) groups is 1. The van der Waals surface area contributed by atoms with Gasteiger partial charge in [0.25, 0.3) is 11.1 Å². The third kappa shape index (κ3) is 3.73. The molecule has 2 aromatic carbocycles. The van der Waals surface area contributed by atoms with E-state index in [-0.39, 0.29) is 11.2 Å². The van der Waals surface area contributed by atoms with Gasteiger partial charge in [-0.2, -0.15) is 0 Å². The van der Waals surface area contributed by atoms with Crippen LogP contribution in [0.25, 0.3) is 22.4 Å². The highest BCUT2D eigenvalue weighted by molar-refractivity contribution is 8.00. The van der Waals surface area contributed by atoms with Crippen molar-refractivity contribution in [2.45, 2.75) is 24.3 Å². The summed E-state index contributed by atoms with van der Waals surface area (Å²) in [7, 11) is 0. The van der Waals surface area contributed by atoms with Gasteiger partial charge in [-0.15, -0.1) is 10.2 Å². The summed E-state index contributed by atoms with van der Waals surface area (Å²) < 4.78 is 5.77. The van der Waals surface area contributed by atoms with E-state index in [1.165, 1.54) is 11.8 Å². The molecular weight excluding hydrogens is 360 g/mol. The number of carbonyl (C=O) groups excluding carboxylic acids is 1. The molecule has 0 fully saturated rings. The Balaban J connectivity index is 1.46. The third-order valence-corrected chi connectivity index (χ3v) is 5.09. The molecule has 0 spiro atoms. The topological polar surface area (TPSA) is 83.8 Å². The zero-order valence-electron chi connectivity index (χ0n) is 14.9. The fourth-order valence-electron chi connectivity index (χ4n) is 2.79. The molecule has 0 bridgehead atoms. The minimum atomic E-state index is -0.373. The summed E-state index contributed by atoms with van der Waals surface area (Å²) in [5, 5.41) is 12.1. The lowest BCUT2D eigenvalue weighted by Gasteiger charge is -2.10. The second kappa shape index (κ2) is 7.28. The summed E-state index contributed by atoms with van der Waals surface area (Å²) >= 11 is 1.24. The molecule has 1 amide bonds. The number of hydrogen-bond donors (Lipinski definition) is 2. The van der Waals surface area contributed by atoms with Crippen LogP contribution in [0, 0.1) is 6.92 Å². The molecular formula is C20H18N4O2S. The zero-order chi connectivity index (χ0) is 18.8. The molecule has 2 N–H and O–H groups in total. The fourth-order valence-corrected chi connectivity index (χ4v) is 3.47. The smallest absolute Gasteiger partial charge is 0.277 e. The van der Waals surface area contributed by atoms with Crippen LogP contribution >= 0.6 is 11.8 Å². The second-order valence-corrected chi connectivity index (χ2v) is 7.53. The Morgan fingerprint density at radius 1 is 1.19 bits per heavy atom. The number of amides is 1. The Kier molecular flexibility index (Phi) is 4.68. The SMILES string of the molecule is Cc1cccc(NC(=O)[C@H](C)Sc2nnc(-c3c[nH]c4ccccc34)o2)c1. The van der Waals surface area contributed by atoms with Crippen molar-refractivity contribution < 1.29 is 9.21 Å². The number of fused-ring (bicyclic) bond motifs is 1. The summed E-state index contributed by atoms with van der Waals surface area (Å²) in [5.41, 5.74) is 3.72. The van der Waals surface area contributed by atoms with E-state index in [1.54, 1.807) is 0 Å². The first-order chi connectivity index (χ1) is 13.1. The standard InChI is InChI=1S/C20H18N4O2S/c1-12-6-5-7-14(10-12)22-18(25)13(2)27-20-24-23-19(26-20)16-11-21-17-9-4-3-8-15(16)17/h3-11,13,21H,1-2H3,(H,22,25)/t13-/m0/s1. The molecule has 0 unspecified atom stereocenters. The molecule has 4 rings (SSSR count). The largest absolute Gasteiger partial charge is 0.411 e. The summed E-state index contributed by atoms with van der Waals surface area (Å²) in [6.07, 6.45) is 1.85. The number of nitrogens with zero attached hydrogens (tertiary/aromatic N) is 2. The van der Waals surface area contributed by atoms with Crippen molar-refractivity contribution in [1.82, 2.24) is 15.2 Å². The highest BCUT2D eigenvalue weighted by Crippen LogP contribution is 2.30. The minimum absolute atomic E-state index is 0.113. The van der Waals surface area contributed by atoms with E-state index in [0.717, 1.165) is 27.7 Å². The number of hydrogen-bond acceptors (Lipinski definition) is 5. The van der Waals surface area contributed by atoms with Gasteiger partial charge in [-0.25, -0.2) is 0 Å². The van der Waals surface area contributed by atoms with Crippen LogP contribution in [0.4, 0.5) is 5.69 Å². The summed E-state index contributed by atoms with van der Waals surface area (Å²) in [6, 6.07) is 15.6. The molecule has 0 aliphatic carbocycles. The van der Waals surface area contributed by atoms with Gasteiger partial charge < -0.3 is 14.7 Å². The van der Waals surface area contributed by atoms with Crippen molar-refractivity contribution in [2.75, 3.05) is 5.32 Å². The third-order valence-electron chi connectivity index (χ3n) is 4.16. The van der Waals surface area contributed by atoms with Crippen molar-refractivity contribution in [1.29, 1.82) is 0 Å². The molecule has 6 nitrogen and oxygen atoms in total. The van der Waals surface area contributed by atoms with Gasteiger partial charge in [0.05, 0.1) is 10.8 Å². The molecule has 136 valence electrons. The Hall–Kier alpha value is -3.06. The van der Waals surface area contributed by atoms with Gasteiger partial charge in [0.2, 0.25) is 5.91 Å². The average molecular weight is 378 g/mol. The van der Waals surface area contributed by atoms with Gasteiger partial charge in [-0.05, 0) is 37.6 Å². The lowest BCUT2D eigenvalue weighted by Crippen LogP contribution is -2.22. The summed E-state index contributed by atoms with van der Waals surface area (Å²) in [4.78, 5) is 15.6. The zero-order valence-corrected chi connectivity index (χ0v) is 15.7. The average Bonchev–Trinajstić information content (AvgIpc) is 3.28. The molecule has 0 radical (unpaired) electrons. The van der Waals surface area contributed by atoms with Crippen molar-refractivity contribution in [3.63, 3.8) is 0 Å². The van der Waals surface area contributed by atoms with Gasteiger partial charge in [0.1, 0.15) is 0 Å². The van der Waals surface area contributed by atoms with Crippen molar-refractivity contribution >= 4 is 34.3 Å². The van der Waals surface area contributed by atoms with E-state index in [4.69, 9.17) is 4.42 Å². The molecule has 2 heterocycles. The first-order valence-electron chi connectivity index (χ1n) is 8.54. The normalized spacial score (nSPS) is 12.2. The van der Waals surface area contributed by atoms with Crippen LogP contribution in [0.5, 0.6) is 0 Å². The Morgan fingerprint density at radius 3 is 2.89 bits per heavy atom. The summed E-state index contributed by atoms with van der Waals surface area (Å²) in [6.45, 7) is 3.80. The van der Waals surface area contributed by atoms with Crippen LogP contribution in [-0.2, 0) is 4.79 Å². The number of aryl methyl sites for hydroxylation is 1. The molecule has 4 aromatic rings. The quantitative estimate of drug-likeness (QED) is 0.494. The fraction of sp³-hybridized carbons (Fsp3) is 0.150. The van der Waals surface area contributed by atoms with E-state index in [9.17, 15) is 4.79 Å². The molecule has 0 aliphatic rings. The molecule has 1 atom stereocenters. The number of aromatic amines is 1. The number of H-pyrrole nitrogens is 1. The highest BCUT2D eigenvalue weighted by Gasteiger charge is 2.20. The van der Waals surface area contributed by atoms with Gasteiger partial charge in [-0.3, -0.25) is 4.79 Å². The first kappa shape index (κ1) is 17.4. The van der Waals surface area contributed by atoms with Gasteiger partial charge in [-0.1, -0.05) is 42.1 Å². The van der Waals surface area contributed by atoms with E-state index < -0.39 is 0 Å². The number of para-hydroxylation sites is 1. The lowest BCUT2D eigenvalue weighted by molar-refractivity contribution is -0.115. The maximum absolute atomic E-state index is 12.4. The lowest BCUT2D eigenvalue weighted by atomic mass is 10.2. The molecule has 27 heavy (non-hydrogen) atoms. The van der Waals surface area contributed by atoms with Crippen LogP contribution in [-0.4, -0.2) is 26.3 Å². The van der Waals surface area contributed by atoms with Crippen LogP contribution in [0.3, 0.4) is 0 Å². The number of anilines is 1. The molecule has 0 saturated heterocycles. The maximum atomic E-state index is 12.4. The molecule has 0 saturated carbocycles. The highest BCUT2D eigenvalue weighted by atomic mass is 32.2. The predicted molar refractivity (Wildman–Crippen MR) is 107 cm³/mol. The van der Waals surface area contributed by atoms with Gasteiger partial charge in [0.15, 0.2) is 0 Å².